The number of aryl methyl sites for hydroxylation is 1. The van der Waals surface area contributed by atoms with E-state index in [1.807, 2.05) is 20.8 Å². The normalized spacial score (nSPS) is 18.1. The molecule has 0 amide bonds. The van der Waals surface area contributed by atoms with E-state index < -0.39 is 10.0 Å². The molecule has 1 aromatic carbocycles. The number of nitrogens with one attached hydrogen (secondary N) is 1. The second-order valence-corrected chi connectivity index (χ2v) is 7.15. The first-order chi connectivity index (χ1) is 11.0. The molecule has 1 saturated heterocycles. The minimum atomic E-state index is -3.69. The van der Waals surface area contributed by atoms with Crippen LogP contribution in [0.5, 0.6) is 11.5 Å². The Balaban J connectivity index is 2.27. The van der Waals surface area contributed by atoms with Crippen LogP contribution in [0.25, 0.3) is 0 Å². The lowest BCUT2D eigenvalue weighted by Gasteiger charge is -2.17. The van der Waals surface area contributed by atoms with E-state index in [-0.39, 0.29) is 17.5 Å². The van der Waals surface area contributed by atoms with Gasteiger partial charge in [0, 0.05) is 19.2 Å². The molecule has 0 bridgehead atoms. The third kappa shape index (κ3) is 4.59. The standard InChI is InChI=1S/C16H25NO5S/c1-4-20-14-10-16(15(21-5-2)9-12(14)3)23(18,19)17-11-13-7-6-8-22-13/h9-10,13,17H,4-8,11H2,1-3H3/t13-/m0/s1. The summed E-state index contributed by atoms with van der Waals surface area (Å²) in [6, 6.07) is 3.23. The number of benzene rings is 1. The molecule has 0 aliphatic carbocycles. The molecule has 23 heavy (non-hydrogen) atoms. The Morgan fingerprint density at radius 2 is 1.91 bits per heavy atom. The molecule has 0 saturated carbocycles. The first-order valence-corrected chi connectivity index (χ1v) is 9.47. The van der Waals surface area contributed by atoms with Crippen LogP contribution in [0.15, 0.2) is 17.0 Å². The van der Waals surface area contributed by atoms with Crippen molar-refractivity contribution in [3.63, 3.8) is 0 Å². The summed E-state index contributed by atoms with van der Waals surface area (Å²) in [6.07, 6.45) is 1.78. The Morgan fingerprint density at radius 1 is 1.22 bits per heavy atom. The smallest absolute Gasteiger partial charge is 0.244 e. The second kappa shape index (κ2) is 7.99. The van der Waals surface area contributed by atoms with Gasteiger partial charge in [-0.2, -0.15) is 0 Å². The molecule has 1 aliphatic rings. The molecule has 6 nitrogen and oxygen atoms in total. The van der Waals surface area contributed by atoms with Crippen LogP contribution >= 0.6 is 0 Å². The Bertz CT molecular complexity index is 624. The second-order valence-electron chi connectivity index (χ2n) is 5.42. The molecule has 130 valence electrons. The average molecular weight is 343 g/mol. The van der Waals surface area contributed by atoms with Gasteiger partial charge in [-0.05, 0) is 45.2 Å². The quantitative estimate of drug-likeness (QED) is 0.784. The SMILES string of the molecule is CCOc1cc(S(=O)(=O)NC[C@@H]2CCCO2)c(OCC)cc1C. The largest absolute Gasteiger partial charge is 0.494 e. The monoisotopic (exact) mass is 343 g/mol. The Morgan fingerprint density at radius 3 is 2.52 bits per heavy atom. The van der Waals surface area contributed by atoms with Crippen LogP contribution in [0.4, 0.5) is 0 Å². The van der Waals surface area contributed by atoms with Gasteiger partial charge in [0.2, 0.25) is 10.0 Å². The van der Waals surface area contributed by atoms with Gasteiger partial charge in [-0.15, -0.1) is 0 Å². The molecule has 1 heterocycles. The molecule has 0 unspecified atom stereocenters. The zero-order valence-corrected chi connectivity index (χ0v) is 14.7. The van der Waals surface area contributed by atoms with E-state index in [4.69, 9.17) is 14.2 Å². The van der Waals surface area contributed by atoms with Crippen LogP contribution in [0, 0.1) is 6.92 Å². The van der Waals surface area contributed by atoms with Gasteiger partial charge in [-0.1, -0.05) is 0 Å². The molecule has 1 N–H and O–H groups in total. The Hall–Kier alpha value is -1.31. The fraction of sp³-hybridized carbons (Fsp3) is 0.625. The number of rotatable bonds is 8. The lowest BCUT2D eigenvalue weighted by molar-refractivity contribution is 0.114. The fourth-order valence-electron chi connectivity index (χ4n) is 2.52. The summed E-state index contributed by atoms with van der Waals surface area (Å²) in [7, 11) is -3.69. The van der Waals surface area contributed by atoms with Crippen molar-refractivity contribution in [3.05, 3.63) is 17.7 Å². The minimum Gasteiger partial charge on any atom is -0.494 e. The zero-order chi connectivity index (χ0) is 16.9. The molecular weight excluding hydrogens is 318 g/mol. The predicted molar refractivity (Wildman–Crippen MR) is 87.7 cm³/mol. The predicted octanol–water partition coefficient (Wildman–Crippen LogP) is 2.25. The van der Waals surface area contributed by atoms with Gasteiger partial charge in [0.25, 0.3) is 0 Å². The summed E-state index contributed by atoms with van der Waals surface area (Å²) in [5, 5.41) is 0. The van der Waals surface area contributed by atoms with Crippen LogP contribution < -0.4 is 14.2 Å². The maximum absolute atomic E-state index is 12.7. The fourth-order valence-corrected chi connectivity index (χ4v) is 3.72. The van der Waals surface area contributed by atoms with E-state index in [1.54, 1.807) is 6.07 Å². The summed E-state index contributed by atoms with van der Waals surface area (Å²) in [6.45, 7) is 7.37. The zero-order valence-electron chi connectivity index (χ0n) is 13.9. The summed E-state index contributed by atoms with van der Waals surface area (Å²) in [5.74, 6) is 0.890. The minimum absolute atomic E-state index is 0.0582. The number of hydrogen-bond acceptors (Lipinski definition) is 5. The highest BCUT2D eigenvalue weighted by Crippen LogP contribution is 2.32. The summed E-state index contributed by atoms with van der Waals surface area (Å²) < 4.78 is 44.4. The summed E-state index contributed by atoms with van der Waals surface area (Å²) in [5.41, 5.74) is 0.841. The maximum Gasteiger partial charge on any atom is 0.244 e. The molecule has 2 rings (SSSR count). The van der Waals surface area contributed by atoms with Gasteiger partial charge in [-0.25, -0.2) is 13.1 Å². The van der Waals surface area contributed by atoms with Crippen molar-refractivity contribution in [2.75, 3.05) is 26.4 Å². The van der Waals surface area contributed by atoms with Gasteiger partial charge in [0.1, 0.15) is 16.4 Å². The molecule has 1 aliphatic heterocycles. The lowest BCUT2D eigenvalue weighted by atomic mass is 10.2. The van der Waals surface area contributed by atoms with Crippen LogP contribution in [0.1, 0.15) is 32.3 Å². The van der Waals surface area contributed by atoms with Crippen molar-refractivity contribution in [1.82, 2.24) is 4.72 Å². The Labute approximate surface area is 138 Å². The van der Waals surface area contributed by atoms with E-state index in [2.05, 4.69) is 4.72 Å². The number of sulfonamides is 1. The van der Waals surface area contributed by atoms with Gasteiger partial charge >= 0.3 is 0 Å². The molecule has 1 fully saturated rings. The van der Waals surface area contributed by atoms with E-state index in [1.165, 1.54) is 6.07 Å². The topological polar surface area (TPSA) is 73.9 Å². The van der Waals surface area contributed by atoms with Crippen molar-refractivity contribution in [3.8, 4) is 11.5 Å². The third-order valence-corrected chi connectivity index (χ3v) is 5.10. The van der Waals surface area contributed by atoms with Gasteiger partial charge in [0.15, 0.2) is 0 Å². The first kappa shape index (κ1) is 18.0. The lowest BCUT2D eigenvalue weighted by Crippen LogP contribution is -2.32. The first-order valence-electron chi connectivity index (χ1n) is 7.99. The molecule has 0 radical (unpaired) electrons. The van der Waals surface area contributed by atoms with Gasteiger partial charge in [-0.3, -0.25) is 0 Å². The van der Waals surface area contributed by atoms with Crippen molar-refractivity contribution in [1.29, 1.82) is 0 Å². The van der Waals surface area contributed by atoms with Gasteiger partial charge in [0.05, 0.1) is 19.3 Å². The van der Waals surface area contributed by atoms with Crippen molar-refractivity contribution < 1.29 is 22.6 Å². The summed E-state index contributed by atoms with van der Waals surface area (Å²) >= 11 is 0. The molecule has 0 spiro atoms. The van der Waals surface area contributed by atoms with E-state index in [0.717, 1.165) is 18.4 Å². The molecule has 1 aromatic rings. The van der Waals surface area contributed by atoms with E-state index in [9.17, 15) is 8.42 Å². The molecule has 0 aromatic heterocycles. The number of hydrogen-bond donors (Lipinski definition) is 1. The maximum atomic E-state index is 12.7. The van der Waals surface area contributed by atoms with Gasteiger partial charge < -0.3 is 14.2 Å². The van der Waals surface area contributed by atoms with Crippen LogP contribution in [0.2, 0.25) is 0 Å². The highest BCUT2D eigenvalue weighted by atomic mass is 32.2. The third-order valence-electron chi connectivity index (χ3n) is 3.66. The number of ether oxygens (including phenoxy) is 3. The highest BCUT2D eigenvalue weighted by molar-refractivity contribution is 7.89. The van der Waals surface area contributed by atoms with Crippen LogP contribution in [-0.2, 0) is 14.8 Å². The molecule has 7 heteroatoms. The van der Waals surface area contributed by atoms with E-state index in [0.29, 0.717) is 31.3 Å². The molecular formula is C16H25NO5S. The molecule has 1 atom stereocenters. The van der Waals surface area contributed by atoms with E-state index >= 15 is 0 Å². The summed E-state index contributed by atoms with van der Waals surface area (Å²) in [4.78, 5) is 0.103. The van der Waals surface area contributed by atoms with Crippen molar-refractivity contribution in [2.24, 2.45) is 0 Å². The van der Waals surface area contributed by atoms with Crippen molar-refractivity contribution >= 4 is 10.0 Å². The van der Waals surface area contributed by atoms with Crippen LogP contribution in [0.3, 0.4) is 0 Å². The Kier molecular flexibility index (Phi) is 6.26. The van der Waals surface area contributed by atoms with Crippen molar-refractivity contribution in [2.45, 2.75) is 44.6 Å². The van der Waals surface area contributed by atoms with Crippen LogP contribution in [-0.4, -0.2) is 40.9 Å². The average Bonchev–Trinajstić information content (AvgIpc) is 3.01. The highest BCUT2D eigenvalue weighted by Gasteiger charge is 2.24.